The van der Waals surface area contributed by atoms with Crippen LogP contribution in [0.1, 0.15) is 34.9 Å². The first kappa shape index (κ1) is 16.9. The number of hydrogen-bond acceptors (Lipinski definition) is 6. The summed E-state index contributed by atoms with van der Waals surface area (Å²) in [6, 6.07) is 11.1. The molecule has 0 fully saturated rings. The number of benzene rings is 1. The molecule has 1 aromatic heterocycles. The van der Waals surface area contributed by atoms with Gasteiger partial charge in [0.15, 0.2) is 5.43 Å². The van der Waals surface area contributed by atoms with Crippen LogP contribution in [0.25, 0.3) is 0 Å². The number of methoxy groups -OCH3 is 1. The Morgan fingerprint density at radius 2 is 1.79 bits per heavy atom. The molecule has 2 unspecified atom stereocenters. The highest BCUT2D eigenvalue weighted by Crippen LogP contribution is 2.37. The van der Waals surface area contributed by atoms with E-state index in [1.54, 1.807) is 0 Å². The molecule has 4 atom stereocenters. The van der Waals surface area contributed by atoms with Crippen LogP contribution in [-0.2, 0) is 17.6 Å². The molecule has 6 nitrogen and oxygen atoms in total. The van der Waals surface area contributed by atoms with Crippen LogP contribution in [0.15, 0.2) is 45.6 Å². The summed E-state index contributed by atoms with van der Waals surface area (Å²) in [7, 11) is 1.35. The van der Waals surface area contributed by atoms with Crippen molar-refractivity contribution < 1.29 is 24.5 Å². The van der Waals surface area contributed by atoms with E-state index >= 15 is 0 Å². The fraction of sp³-hybridized carbons (Fsp3) is 0.389. The van der Waals surface area contributed by atoms with Crippen LogP contribution in [-0.4, -0.2) is 34.6 Å². The second-order valence-corrected chi connectivity index (χ2v) is 5.92. The van der Waals surface area contributed by atoms with Gasteiger partial charge in [-0.2, -0.15) is 0 Å². The van der Waals surface area contributed by atoms with Crippen LogP contribution < -0.4 is 5.43 Å². The van der Waals surface area contributed by atoms with Crippen molar-refractivity contribution >= 4 is 0 Å². The maximum absolute atomic E-state index is 12.4. The van der Waals surface area contributed by atoms with Gasteiger partial charge in [0.05, 0.1) is 5.56 Å². The van der Waals surface area contributed by atoms with E-state index in [-0.39, 0.29) is 11.3 Å². The minimum Gasteiger partial charge on any atom is -0.463 e. The molecule has 24 heavy (non-hydrogen) atoms. The van der Waals surface area contributed by atoms with Gasteiger partial charge in [-0.05, 0) is 12.0 Å². The lowest BCUT2D eigenvalue weighted by Gasteiger charge is -2.34. The molecule has 1 aliphatic rings. The molecule has 0 radical (unpaired) electrons. The Balaban J connectivity index is 1.93. The Kier molecular flexibility index (Phi) is 4.82. The number of aliphatic hydroxyl groups is 3. The second kappa shape index (κ2) is 6.86. The molecular weight excluding hydrogens is 312 g/mol. The Bertz CT molecular complexity index is 754. The van der Waals surface area contributed by atoms with E-state index in [1.807, 2.05) is 30.3 Å². The molecule has 0 spiro atoms. The van der Waals surface area contributed by atoms with Gasteiger partial charge < -0.3 is 24.5 Å². The minimum absolute atomic E-state index is 0.0527. The van der Waals surface area contributed by atoms with E-state index in [0.717, 1.165) is 5.56 Å². The van der Waals surface area contributed by atoms with Gasteiger partial charge in [0.25, 0.3) is 0 Å². The zero-order chi connectivity index (χ0) is 17.3. The van der Waals surface area contributed by atoms with Crippen molar-refractivity contribution in [2.24, 2.45) is 0 Å². The maximum Gasteiger partial charge on any atom is 0.191 e. The molecular formula is C18H20O6. The van der Waals surface area contributed by atoms with E-state index in [0.29, 0.717) is 18.6 Å². The lowest BCUT2D eigenvalue weighted by molar-refractivity contribution is -0.138. The maximum atomic E-state index is 12.4. The van der Waals surface area contributed by atoms with Crippen LogP contribution in [0.4, 0.5) is 0 Å². The summed E-state index contributed by atoms with van der Waals surface area (Å²) >= 11 is 0. The van der Waals surface area contributed by atoms with Crippen molar-refractivity contribution in [2.45, 2.75) is 37.3 Å². The predicted octanol–water partition coefficient (Wildman–Crippen LogP) is 0.881. The largest absolute Gasteiger partial charge is 0.463 e. The average Bonchev–Trinajstić information content (AvgIpc) is 2.59. The standard InChI is InChI=1S/C18H20O6/c1-23-18-16(22)15(21)14(20)13-12(19)9-11(24-17(13)18)8-7-10-5-3-2-4-6-10/h2-6,9,14-16,18,20-22H,7-8H2,1H3/t14?,15-,16-,18?/m1/s1. The third-order valence-electron chi connectivity index (χ3n) is 4.36. The zero-order valence-corrected chi connectivity index (χ0v) is 13.3. The van der Waals surface area contributed by atoms with Crippen LogP contribution in [0.5, 0.6) is 0 Å². The zero-order valence-electron chi connectivity index (χ0n) is 13.3. The fourth-order valence-electron chi connectivity index (χ4n) is 3.05. The normalized spacial score (nSPS) is 26.2. The quantitative estimate of drug-likeness (QED) is 0.768. The first-order valence-electron chi connectivity index (χ1n) is 7.80. The predicted molar refractivity (Wildman–Crippen MR) is 85.6 cm³/mol. The molecule has 2 aromatic rings. The van der Waals surface area contributed by atoms with Crippen molar-refractivity contribution in [1.29, 1.82) is 0 Å². The third kappa shape index (κ3) is 3.01. The highest BCUT2D eigenvalue weighted by atomic mass is 16.5. The van der Waals surface area contributed by atoms with Gasteiger partial charge in [-0.3, -0.25) is 4.79 Å². The molecule has 0 bridgehead atoms. The summed E-state index contributed by atoms with van der Waals surface area (Å²) < 4.78 is 10.9. The third-order valence-corrected chi connectivity index (χ3v) is 4.36. The van der Waals surface area contributed by atoms with E-state index in [1.165, 1.54) is 13.2 Å². The molecule has 1 heterocycles. The van der Waals surface area contributed by atoms with E-state index in [4.69, 9.17) is 9.15 Å². The number of rotatable bonds is 4. The number of aliphatic hydroxyl groups excluding tert-OH is 3. The Morgan fingerprint density at radius 1 is 1.08 bits per heavy atom. The van der Waals surface area contributed by atoms with E-state index in [9.17, 15) is 20.1 Å². The molecule has 1 aliphatic carbocycles. The number of ether oxygens (including phenoxy) is 1. The molecule has 6 heteroatoms. The summed E-state index contributed by atoms with van der Waals surface area (Å²) in [5.41, 5.74) is 0.625. The van der Waals surface area contributed by atoms with Crippen molar-refractivity contribution in [2.75, 3.05) is 7.11 Å². The van der Waals surface area contributed by atoms with Crippen molar-refractivity contribution in [3.05, 3.63) is 69.3 Å². The van der Waals surface area contributed by atoms with E-state index < -0.39 is 29.8 Å². The minimum atomic E-state index is -1.50. The second-order valence-electron chi connectivity index (χ2n) is 5.92. The van der Waals surface area contributed by atoms with E-state index in [2.05, 4.69) is 0 Å². The van der Waals surface area contributed by atoms with Crippen LogP contribution in [0.3, 0.4) is 0 Å². The lowest BCUT2D eigenvalue weighted by atomic mass is 9.87. The average molecular weight is 332 g/mol. The van der Waals surface area contributed by atoms with Crippen molar-refractivity contribution in [1.82, 2.24) is 0 Å². The molecule has 128 valence electrons. The molecule has 0 saturated carbocycles. The monoisotopic (exact) mass is 332 g/mol. The molecule has 1 aromatic carbocycles. The van der Waals surface area contributed by atoms with Crippen molar-refractivity contribution in [3.8, 4) is 0 Å². The highest BCUT2D eigenvalue weighted by Gasteiger charge is 2.44. The first-order valence-corrected chi connectivity index (χ1v) is 7.80. The number of fused-ring (bicyclic) bond motifs is 1. The molecule has 3 N–H and O–H groups in total. The number of aryl methyl sites for hydroxylation is 2. The van der Waals surface area contributed by atoms with Crippen LogP contribution in [0.2, 0.25) is 0 Å². The smallest absolute Gasteiger partial charge is 0.191 e. The Labute approximate surface area is 138 Å². The summed E-state index contributed by atoms with van der Waals surface area (Å²) in [5.74, 6) is 0.527. The van der Waals surface area contributed by atoms with Gasteiger partial charge in [0.2, 0.25) is 0 Å². The molecule has 0 aliphatic heterocycles. The van der Waals surface area contributed by atoms with Crippen molar-refractivity contribution in [3.63, 3.8) is 0 Å². The number of hydrogen-bond donors (Lipinski definition) is 3. The summed E-state index contributed by atoms with van der Waals surface area (Å²) in [4.78, 5) is 12.4. The first-order chi connectivity index (χ1) is 11.5. The molecule has 3 rings (SSSR count). The summed E-state index contributed by atoms with van der Waals surface area (Å²) in [5, 5.41) is 30.0. The SMILES string of the molecule is COC1c2oc(CCc3ccccc3)cc(=O)c2C(O)[C@@H](O)[C@H]1O. The van der Waals surface area contributed by atoms with Crippen LogP contribution >= 0.6 is 0 Å². The van der Waals surface area contributed by atoms with Gasteiger partial charge in [-0.25, -0.2) is 0 Å². The van der Waals surface area contributed by atoms with Gasteiger partial charge in [0, 0.05) is 19.6 Å². The highest BCUT2D eigenvalue weighted by molar-refractivity contribution is 5.30. The van der Waals surface area contributed by atoms with Gasteiger partial charge in [-0.1, -0.05) is 30.3 Å². The van der Waals surface area contributed by atoms with Crippen LogP contribution in [0, 0.1) is 0 Å². The lowest BCUT2D eigenvalue weighted by Crippen LogP contribution is -2.44. The molecule has 0 amide bonds. The topological polar surface area (TPSA) is 100 Å². The van der Waals surface area contributed by atoms with Gasteiger partial charge in [0.1, 0.15) is 35.9 Å². The molecule has 0 saturated heterocycles. The van der Waals surface area contributed by atoms with Gasteiger partial charge >= 0.3 is 0 Å². The Hall–Kier alpha value is -1.99. The summed E-state index contributed by atoms with van der Waals surface area (Å²) in [6.45, 7) is 0. The summed E-state index contributed by atoms with van der Waals surface area (Å²) in [6.07, 6.45) is -4.18. The fourth-order valence-corrected chi connectivity index (χ4v) is 3.05. The Morgan fingerprint density at radius 3 is 2.46 bits per heavy atom. The van der Waals surface area contributed by atoms with Gasteiger partial charge in [-0.15, -0.1) is 0 Å².